The molecule has 0 heterocycles. The summed E-state index contributed by atoms with van der Waals surface area (Å²) in [5, 5.41) is 12.1. The summed E-state index contributed by atoms with van der Waals surface area (Å²) in [7, 11) is 0. The SMILES string of the molecule is Cc1ccc(NC(CC(C)C)C(=O)O)cc1. The fourth-order valence-corrected chi connectivity index (χ4v) is 1.54. The number of aryl methyl sites for hydroxylation is 1. The predicted octanol–water partition coefficient (Wildman–Crippen LogP) is 2.91. The number of rotatable bonds is 5. The first-order chi connectivity index (χ1) is 7.49. The molecule has 3 nitrogen and oxygen atoms in total. The molecule has 1 aromatic carbocycles. The van der Waals surface area contributed by atoms with Crippen LogP contribution in [0.2, 0.25) is 0 Å². The molecule has 0 radical (unpaired) electrons. The normalized spacial score (nSPS) is 12.5. The maximum absolute atomic E-state index is 11.0. The first-order valence-electron chi connectivity index (χ1n) is 5.55. The van der Waals surface area contributed by atoms with Crippen LogP contribution in [0.5, 0.6) is 0 Å². The molecule has 88 valence electrons. The highest BCUT2D eigenvalue weighted by molar-refractivity contribution is 5.77. The molecular formula is C13H19NO2. The summed E-state index contributed by atoms with van der Waals surface area (Å²) in [4.78, 5) is 11.0. The van der Waals surface area contributed by atoms with Crippen molar-refractivity contribution in [2.24, 2.45) is 5.92 Å². The highest BCUT2D eigenvalue weighted by Crippen LogP contribution is 2.14. The average Bonchev–Trinajstić information content (AvgIpc) is 2.19. The van der Waals surface area contributed by atoms with Crippen LogP contribution in [-0.2, 0) is 4.79 Å². The molecule has 0 fully saturated rings. The van der Waals surface area contributed by atoms with Gasteiger partial charge in [0.25, 0.3) is 0 Å². The fourth-order valence-electron chi connectivity index (χ4n) is 1.54. The van der Waals surface area contributed by atoms with Gasteiger partial charge in [-0.2, -0.15) is 0 Å². The van der Waals surface area contributed by atoms with Gasteiger partial charge in [0.05, 0.1) is 0 Å². The second-order valence-corrected chi connectivity index (χ2v) is 4.53. The Hall–Kier alpha value is -1.51. The summed E-state index contributed by atoms with van der Waals surface area (Å²) in [5.74, 6) is -0.437. The molecule has 0 amide bonds. The van der Waals surface area contributed by atoms with Crippen molar-refractivity contribution in [2.45, 2.75) is 33.2 Å². The minimum atomic E-state index is -0.797. The van der Waals surface area contributed by atoms with Gasteiger partial charge in [-0.3, -0.25) is 0 Å². The molecule has 1 unspecified atom stereocenters. The maximum atomic E-state index is 11.0. The first-order valence-corrected chi connectivity index (χ1v) is 5.55. The van der Waals surface area contributed by atoms with Gasteiger partial charge in [-0.05, 0) is 31.4 Å². The van der Waals surface area contributed by atoms with Crippen molar-refractivity contribution >= 4 is 11.7 Å². The Bertz CT molecular complexity index is 343. The highest BCUT2D eigenvalue weighted by atomic mass is 16.4. The lowest BCUT2D eigenvalue weighted by Crippen LogP contribution is -2.30. The number of aliphatic carboxylic acids is 1. The van der Waals surface area contributed by atoms with Gasteiger partial charge in [0.1, 0.15) is 6.04 Å². The number of carbonyl (C=O) groups is 1. The third-order valence-electron chi connectivity index (χ3n) is 2.40. The van der Waals surface area contributed by atoms with Crippen LogP contribution < -0.4 is 5.32 Å². The van der Waals surface area contributed by atoms with Crippen molar-refractivity contribution in [3.63, 3.8) is 0 Å². The number of benzene rings is 1. The van der Waals surface area contributed by atoms with Crippen molar-refractivity contribution in [3.05, 3.63) is 29.8 Å². The Labute approximate surface area is 96.5 Å². The standard InChI is InChI=1S/C13H19NO2/c1-9(2)8-12(13(15)16)14-11-6-4-10(3)5-7-11/h4-7,9,12,14H,8H2,1-3H3,(H,15,16). The Morgan fingerprint density at radius 2 is 1.88 bits per heavy atom. The Balaban J connectivity index is 2.68. The lowest BCUT2D eigenvalue weighted by molar-refractivity contribution is -0.138. The molecule has 1 rings (SSSR count). The first kappa shape index (κ1) is 12.6. The minimum Gasteiger partial charge on any atom is -0.480 e. The van der Waals surface area contributed by atoms with Crippen LogP contribution in [0.15, 0.2) is 24.3 Å². The van der Waals surface area contributed by atoms with E-state index in [0.29, 0.717) is 12.3 Å². The van der Waals surface area contributed by atoms with Crippen LogP contribution >= 0.6 is 0 Å². The lowest BCUT2D eigenvalue weighted by Gasteiger charge is -2.17. The molecule has 3 heteroatoms. The third-order valence-corrected chi connectivity index (χ3v) is 2.40. The Morgan fingerprint density at radius 3 is 2.31 bits per heavy atom. The van der Waals surface area contributed by atoms with Crippen LogP contribution in [0.4, 0.5) is 5.69 Å². The number of hydrogen-bond donors (Lipinski definition) is 2. The van der Waals surface area contributed by atoms with Crippen LogP contribution in [-0.4, -0.2) is 17.1 Å². The molecule has 1 aromatic rings. The Morgan fingerprint density at radius 1 is 1.31 bits per heavy atom. The third kappa shape index (κ3) is 3.93. The largest absolute Gasteiger partial charge is 0.480 e. The van der Waals surface area contributed by atoms with Crippen molar-refractivity contribution in [1.29, 1.82) is 0 Å². The molecule has 0 bridgehead atoms. The van der Waals surface area contributed by atoms with Crippen LogP contribution in [0.1, 0.15) is 25.8 Å². The smallest absolute Gasteiger partial charge is 0.326 e. The summed E-state index contributed by atoms with van der Waals surface area (Å²) in [5.41, 5.74) is 2.03. The van der Waals surface area contributed by atoms with Gasteiger partial charge in [-0.25, -0.2) is 4.79 Å². The van der Waals surface area contributed by atoms with Gasteiger partial charge in [0.15, 0.2) is 0 Å². The van der Waals surface area contributed by atoms with E-state index < -0.39 is 12.0 Å². The van der Waals surface area contributed by atoms with Crippen molar-refractivity contribution in [2.75, 3.05) is 5.32 Å². The lowest BCUT2D eigenvalue weighted by atomic mass is 10.0. The molecule has 0 saturated carbocycles. The van der Waals surface area contributed by atoms with Crippen molar-refractivity contribution < 1.29 is 9.90 Å². The van der Waals surface area contributed by atoms with E-state index in [1.165, 1.54) is 5.56 Å². The van der Waals surface area contributed by atoms with Gasteiger partial charge < -0.3 is 10.4 Å². The number of carboxylic acid groups (broad SMARTS) is 1. The van der Waals surface area contributed by atoms with Crippen molar-refractivity contribution in [1.82, 2.24) is 0 Å². The van der Waals surface area contributed by atoms with E-state index in [1.807, 2.05) is 45.0 Å². The zero-order valence-electron chi connectivity index (χ0n) is 10.0. The van der Waals surface area contributed by atoms with E-state index in [-0.39, 0.29) is 0 Å². The molecule has 0 aliphatic carbocycles. The maximum Gasteiger partial charge on any atom is 0.326 e. The quantitative estimate of drug-likeness (QED) is 0.803. The van der Waals surface area contributed by atoms with E-state index in [9.17, 15) is 4.79 Å². The summed E-state index contributed by atoms with van der Waals surface area (Å²) >= 11 is 0. The number of nitrogens with one attached hydrogen (secondary N) is 1. The molecule has 0 aliphatic rings. The van der Waals surface area contributed by atoms with Gasteiger partial charge in [0, 0.05) is 5.69 Å². The second-order valence-electron chi connectivity index (χ2n) is 4.53. The van der Waals surface area contributed by atoms with E-state index in [4.69, 9.17) is 5.11 Å². The van der Waals surface area contributed by atoms with Gasteiger partial charge in [-0.1, -0.05) is 31.5 Å². The van der Waals surface area contributed by atoms with Crippen molar-refractivity contribution in [3.8, 4) is 0 Å². The molecule has 16 heavy (non-hydrogen) atoms. The highest BCUT2D eigenvalue weighted by Gasteiger charge is 2.18. The van der Waals surface area contributed by atoms with E-state index in [1.54, 1.807) is 0 Å². The second kappa shape index (κ2) is 5.54. The monoisotopic (exact) mass is 221 g/mol. The number of anilines is 1. The summed E-state index contributed by atoms with van der Waals surface area (Å²) < 4.78 is 0. The zero-order chi connectivity index (χ0) is 12.1. The number of carboxylic acids is 1. The molecule has 0 aromatic heterocycles. The molecule has 0 saturated heterocycles. The van der Waals surface area contributed by atoms with E-state index in [2.05, 4.69) is 5.32 Å². The minimum absolute atomic E-state index is 0.360. The Kier molecular flexibility index (Phi) is 4.35. The topological polar surface area (TPSA) is 49.3 Å². The molecular weight excluding hydrogens is 202 g/mol. The van der Waals surface area contributed by atoms with E-state index >= 15 is 0 Å². The summed E-state index contributed by atoms with van der Waals surface area (Å²) in [6, 6.07) is 7.24. The van der Waals surface area contributed by atoms with E-state index in [0.717, 1.165) is 5.69 Å². The van der Waals surface area contributed by atoms with Gasteiger partial charge in [0.2, 0.25) is 0 Å². The summed E-state index contributed by atoms with van der Waals surface area (Å²) in [6.45, 7) is 6.05. The van der Waals surface area contributed by atoms with Crippen LogP contribution in [0, 0.1) is 12.8 Å². The molecule has 2 N–H and O–H groups in total. The van der Waals surface area contributed by atoms with Crippen LogP contribution in [0.25, 0.3) is 0 Å². The molecule has 1 atom stereocenters. The number of hydrogen-bond acceptors (Lipinski definition) is 2. The molecule has 0 spiro atoms. The van der Waals surface area contributed by atoms with Crippen LogP contribution in [0.3, 0.4) is 0 Å². The van der Waals surface area contributed by atoms with Gasteiger partial charge in [-0.15, -0.1) is 0 Å². The fraction of sp³-hybridized carbons (Fsp3) is 0.462. The summed E-state index contributed by atoms with van der Waals surface area (Å²) in [6.07, 6.45) is 0.628. The zero-order valence-corrected chi connectivity index (χ0v) is 10.0. The van der Waals surface area contributed by atoms with Gasteiger partial charge >= 0.3 is 5.97 Å². The predicted molar refractivity (Wildman–Crippen MR) is 65.7 cm³/mol. The molecule has 0 aliphatic heterocycles. The average molecular weight is 221 g/mol.